The van der Waals surface area contributed by atoms with Crippen LogP contribution in [0.25, 0.3) is 0 Å². The second kappa shape index (κ2) is 6.20. The lowest BCUT2D eigenvalue weighted by molar-refractivity contribution is -0.146. The van der Waals surface area contributed by atoms with Crippen molar-refractivity contribution in [3.05, 3.63) is 0 Å². The molecule has 3 atom stereocenters. The second-order valence-electron chi connectivity index (χ2n) is 6.10. The molecule has 0 spiro atoms. The van der Waals surface area contributed by atoms with Crippen molar-refractivity contribution < 1.29 is 29.5 Å². The highest BCUT2D eigenvalue weighted by Gasteiger charge is 2.46. The molecule has 128 valence electrons. The van der Waals surface area contributed by atoms with E-state index in [-0.39, 0.29) is 12.6 Å². The van der Waals surface area contributed by atoms with E-state index in [2.05, 4.69) is 5.48 Å². The van der Waals surface area contributed by atoms with Crippen LogP contribution in [0.4, 0.5) is 9.59 Å². The van der Waals surface area contributed by atoms with Crippen molar-refractivity contribution >= 4 is 18.0 Å². The Labute approximate surface area is 132 Å². The summed E-state index contributed by atoms with van der Waals surface area (Å²) in [5, 5.41) is 19.3. The molecule has 2 bridgehead atoms. The smallest absolute Gasteiger partial charge is 0.407 e. The normalized spacial score (nSPS) is 30.6. The van der Waals surface area contributed by atoms with Crippen LogP contribution in [0.2, 0.25) is 0 Å². The predicted molar refractivity (Wildman–Crippen MR) is 74.4 cm³/mol. The third-order valence-electron chi connectivity index (χ3n) is 4.62. The number of carbonyl (C=O) groups is 3. The molecule has 3 heterocycles. The first kappa shape index (κ1) is 15.8. The van der Waals surface area contributed by atoms with E-state index >= 15 is 0 Å². The summed E-state index contributed by atoms with van der Waals surface area (Å²) in [7, 11) is 0. The van der Waals surface area contributed by atoms with E-state index in [9.17, 15) is 19.6 Å². The fourth-order valence-electron chi connectivity index (χ4n) is 3.34. The molecule has 3 aliphatic rings. The first-order chi connectivity index (χ1) is 11.0. The van der Waals surface area contributed by atoms with E-state index in [1.54, 1.807) is 0 Å². The Balaban J connectivity index is 1.52. The number of rotatable bonds is 3. The van der Waals surface area contributed by atoms with Gasteiger partial charge in [0.1, 0.15) is 12.1 Å². The lowest BCUT2D eigenvalue weighted by Gasteiger charge is -2.32. The van der Waals surface area contributed by atoms with Gasteiger partial charge in [-0.2, -0.15) is 0 Å². The van der Waals surface area contributed by atoms with E-state index in [0.29, 0.717) is 43.8 Å². The molecule has 3 saturated heterocycles. The zero-order chi connectivity index (χ0) is 16.6. The van der Waals surface area contributed by atoms with Gasteiger partial charge in [-0.15, -0.1) is 0 Å². The van der Waals surface area contributed by atoms with Crippen LogP contribution in [-0.2, 0) is 9.63 Å². The summed E-state index contributed by atoms with van der Waals surface area (Å²) < 4.78 is 0. The second-order valence-corrected chi connectivity index (χ2v) is 6.10. The summed E-state index contributed by atoms with van der Waals surface area (Å²) in [5.41, 5.74) is 2.35. The minimum Gasteiger partial charge on any atom is -0.465 e. The number of hydrogen-bond acceptors (Lipinski definition) is 5. The Hall–Kier alpha value is -2.07. The summed E-state index contributed by atoms with van der Waals surface area (Å²) in [6.07, 6.45) is 0.922. The Bertz CT molecular complexity index is 515. The maximum atomic E-state index is 12.2. The first-order valence-corrected chi connectivity index (χ1v) is 7.69. The number of piperidine rings is 2. The minimum atomic E-state index is -1.01. The Kier molecular flexibility index (Phi) is 4.26. The van der Waals surface area contributed by atoms with Crippen molar-refractivity contribution in [1.82, 2.24) is 20.3 Å². The maximum absolute atomic E-state index is 12.2. The lowest BCUT2D eigenvalue weighted by Crippen LogP contribution is -2.51. The van der Waals surface area contributed by atoms with Crippen LogP contribution in [0, 0.1) is 0 Å². The average molecular weight is 328 g/mol. The molecule has 0 aromatic heterocycles. The topological polar surface area (TPSA) is 123 Å². The molecule has 10 heteroatoms. The number of nitrogens with one attached hydrogen (secondary N) is 1. The van der Waals surface area contributed by atoms with E-state index in [0.717, 1.165) is 0 Å². The zero-order valence-corrected chi connectivity index (χ0v) is 12.6. The van der Waals surface area contributed by atoms with Crippen molar-refractivity contribution in [2.75, 3.05) is 19.6 Å². The molecule has 0 aromatic rings. The third-order valence-corrected chi connectivity index (χ3v) is 4.62. The molecule has 0 radical (unpaired) electrons. The third kappa shape index (κ3) is 3.04. The standard InChI is InChI=1S/C13H20N4O6/c18-11(10-4-3-8-6-16(10)12(19)17(8)22)14-23-9-2-1-5-15(7-9)13(20)21/h8-10,22H,1-7H2,(H,14,18)(H,20,21)/t8-,9-,10+/m1/s1. The number of urea groups is 1. The molecular weight excluding hydrogens is 308 g/mol. The molecule has 10 nitrogen and oxygen atoms in total. The van der Waals surface area contributed by atoms with Crippen LogP contribution in [0.3, 0.4) is 0 Å². The largest absolute Gasteiger partial charge is 0.465 e. The van der Waals surface area contributed by atoms with E-state index in [1.165, 1.54) is 9.80 Å². The van der Waals surface area contributed by atoms with Crippen molar-refractivity contribution in [1.29, 1.82) is 0 Å². The van der Waals surface area contributed by atoms with Gasteiger partial charge in [-0.05, 0) is 25.7 Å². The number of fused-ring (bicyclic) bond motifs is 2. The molecule has 0 unspecified atom stereocenters. The van der Waals surface area contributed by atoms with Crippen molar-refractivity contribution in [2.24, 2.45) is 0 Å². The van der Waals surface area contributed by atoms with Gasteiger partial charge in [-0.1, -0.05) is 0 Å². The lowest BCUT2D eigenvalue weighted by atomic mass is 10.0. The van der Waals surface area contributed by atoms with Crippen LogP contribution < -0.4 is 5.48 Å². The molecule has 4 amide bonds. The first-order valence-electron chi connectivity index (χ1n) is 7.69. The van der Waals surface area contributed by atoms with E-state index in [4.69, 9.17) is 9.94 Å². The van der Waals surface area contributed by atoms with Gasteiger partial charge in [-0.3, -0.25) is 14.8 Å². The van der Waals surface area contributed by atoms with Gasteiger partial charge in [0.2, 0.25) is 0 Å². The molecule has 0 aromatic carbocycles. The van der Waals surface area contributed by atoms with Crippen LogP contribution in [0.15, 0.2) is 0 Å². The Morgan fingerprint density at radius 3 is 2.74 bits per heavy atom. The van der Waals surface area contributed by atoms with Gasteiger partial charge in [0.15, 0.2) is 0 Å². The Morgan fingerprint density at radius 2 is 2.00 bits per heavy atom. The van der Waals surface area contributed by atoms with Crippen molar-refractivity contribution in [3.8, 4) is 0 Å². The van der Waals surface area contributed by atoms with Gasteiger partial charge in [0, 0.05) is 13.1 Å². The van der Waals surface area contributed by atoms with Gasteiger partial charge < -0.3 is 14.9 Å². The summed E-state index contributed by atoms with van der Waals surface area (Å²) in [6, 6.07) is -1.49. The highest BCUT2D eigenvalue weighted by molar-refractivity contribution is 5.87. The predicted octanol–water partition coefficient (Wildman–Crippen LogP) is -0.166. The summed E-state index contributed by atoms with van der Waals surface area (Å²) in [6.45, 7) is 0.987. The van der Waals surface area contributed by atoms with Crippen LogP contribution >= 0.6 is 0 Å². The monoisotopic (exact) mass is 328 g/mol. The van der Waals surface area contributed by atoms with Crippen molar-refractivity contribution in [2.45, 2.75) is 43.9 Å². The molecule has 3 N–H and O–H groups in total. The van der Waals surface area contributed by atoms with Gasteiger partial charge in [0.05, 0.1) is 12.6 Å². The molecule has 0 saturated carbocycles. The molecular formula is C13H20N4O6. The fourth-order valence-corrected chi connectivity index (χ4v) is 3.34. The maximum Gasteiger partial charge on any atom is 0.407 e. The number of nitrogens with zero attached hydrogens (tertiary/aromatic N) is 3. The average Bonchev–Trinajstić information content (AvgIpc) is 2.77. The Morgan fingerprint density at radius 1 is 1.22 bits per heavy atom. The number of hydroxylamine groups is 3. The number of carbonyl (C=O) groups excluding carboxylic acids is 2. The van der Waals surface area contributed by atoms with Crippen molar-refractivity contribution in [3.63, 3.8) is 0 Å². The van der Waals surface area contributed by atoms with Gasteiger partial charge in [0.25, 0.3) is 5.91 Å². The van der Waals surface area contributed by atoms with Crippen LogP contribution in [0.1, 0.15) is 25.7 Å². The molecule has 23 heavy (non-hydrogen) atoms. The highest BCUT2D eigenvalue weighted by atomic mass is 16.7. The summed E-state index contributed by atoms with van der Waals surface area (Å²) in [4.78, 5) is 42.9. The molecule has 0 aliphatic carbocycles. The van der Waals surface area contributed by atoms with Gasteiger partial charge in [-0.25, -0.2) is 20.1 Å². The van der Waals surface area contributed by atoms with Crippen LogP contribution in [0.5, 0.6) is 0 Å². The zero-order valence-electron chi connectivity index (χ0n) is 12.6. The number of carboxylic acid groups (broad SMARTS) is 1. The summed E-state index contributed by atoms with van der Waals surface area (Å²) in [5.74, 6) is -0.445. The van der Waals surface area contributed by atoms with E-state index < -0.39 is 30.2 Å². The number of hydrogen-bond donors (Lipinski definition) is 3. The van der Waals surface area contributed by atoms with Crippen LogP contribution in [-0.4, -0.2) is 81.0 Å². The minimum absolute atomic E-state index is 0.204. The fraction of sp³-hybridized carbons (Fsp3) is 0.769. The van der Waals surface area contributed by atoms with Gasteiger partial charge >= 0.3 is 12.1 Å². The van der Waals surface area contributed by atoms with E-state index in [1.807, 2.05) is 0 Å². The quantitative estimate of drug-likeness (QED) is 0.488. The SMILES string of the molecule is O=C(NO[C@@H]1CCCN(C(=O)O)C1)[C@@H]1CC[C@@H]2CN1C(=O)N2O. The number of likely N-dealkylation sites (tertiary alicyclic amines) is 1. The highest BCUT2D eigenvalue weighted by Crippen LogP contribution is 2.28. The molecule has 3 aliphatic heterocycles. The number of amides is 4. The molecule has 3 rings (SSSR count). The molecule has 3 fully saturated rings. The summed E-state index contributed by atoms with van der Waals surface area (Å²) >= 11 is 0.